The van der Waals surface area contributed by atoms with Gasteiger partial charge in [-0.15, -0.1) is 0 Å². The third-order valence-corrected chi connectivity index (χ3v) is 3.06. The van der Waals surface area contributed by atoms with Gasteiger partial charge in [0.25, 0.3) is 5.91 Å². The Hall–Kier alpha value is -2.54. The minimum absolute atomic E-state index is 0.0586. The van der Waals surface area contributed by atoms with E-state index in [4.69, 9.17) is 9.68 Å². The molecule has 0 aliphatic rings. The number of nitriles is 1. The number of rotatable bonds is 5. The molecule has 1 aromatic carbocycles. The van der Waals surface area contributed by atoms with Crippen molar-refractivity contribution in [1.29, 1.82) is 5.26 Å². The summed E-state index contributed by atoms with van der Waals surface area (Å²) >= 11 is 0. The van der Waals surface area contributed by atoms with Gasteiger partial charge in [0, 0.05) is 18.0 Å². The summed E-state index contributed by atoms with van der Waals surface area (Å²) in [6, 6.07) is 12.5. The maximum atomic E-state index is 12.0. The second kappa shape index (κ2) is 6.58. The van der Waals surface area contributed by atoms with Crippen LogP contribution in [0.5, 0.6) is 0 Å². The van der Waals surface area contributed by atoms with Gasteiger partial charge in [-0.25, -0.2) is 0 Å². The lowest BCUT2D eigenvalue weighted by molar-refractivity contribution is 0.0938. The molecule has 1 N–H and O–H groups in total. The van der Waals surface area contributed by atoms with Gasteiger partial charge in [0.2, 0.25) is 0 Å². The number of aryl methyl sites for hydroxylation is 1. The predicted octanol–water partition coefficient (Wildman–Crippen LogP) is 2.90. The van der Waals surface area contributed by atoms with Gasteiger partial charge in [0.05, 0.1) is 17.9 Å². The average Bonchev–Trinajstić information content (AvgIpc) is 2.98. The SMILES string of the molecule is C[C@H](CCc1ccco1)NC(=O)c1ccc(C#N)cc1. The molecule has 2 rings (SSSR count). The van der Waals surface area contributed by atoms with Gasteiger partial charge in [0.1, 0.15) is 5.76 Å². The van der Waals surface area contributed by atoms with Crippen molar-refractivity contribution >= 4 is 5.91 Å². The minimum atomic E-state index is -0.124. The summed E-state index contributed by atoms with van der Waals surface area (Å²) < 4.78 is 5.26. The number of carbonyl (C=O) groups excluding carboxylic acids is 1. The third kappa shape index (κ3) is 3.72. The minimum Gasteiger partial charge on any atom is -0.469 e. The molecule has 0 spiro atoms. The van der Waals surface area contributed by atoms with E-state index in [0.29, 0.717) is 11.1 Å². The van der Waals surface area contributed by atoms with Crippen LogP contribution >= 0.6 is 0 Å². The van der Waals surface area contributed by atoms with Crippen LogP contribution in [0.1, 0.15) is 35.0 Å². The number of hydrogen-bond acceptors (Lipinski definition) is 3. The van der Waals surface area contributed by atoms with E-state index in [2.05, 4.69) is 5.32 Å². The van der Waals surface area contributed by atoms with Crippen LogP contribution in [-0.2, 0) is 6.42 Å². The molecular weight excluding hydrogens is 252 g/mol. The normalized spacial score (nSPS) is 11.6. The van der Waals surface area contributed by atoms with E-state index in [1.165, 1.54) is 0 Å². The van der Waals surface area contributed by atoms with Crippen LogP contribution in [0, 0.1) is 11.3 Å². The lowest BCUT2D eigenvalue weighted by atomic mass is 10.1. The quantitative estimate of drug-likeness (QED) is 0.906. The molecule has 2 aromatic rings. The second-order valence-corrected chi connectivity index (χ2v) is 4.68. The van der Waals surface area contributed by atoms with Gasteiger partial charge in [-0.2, -0.15) is 5.26 Å². The first-order valence-electron chi connectivity index (χ1n) is 6.52. The molecule has 20 heavy (non-hydrogen) atoms. The highest BCUT2D eigenvalue weighted by Gasteiger charge is 2.10. The summed E-state index contributed by atoms with van der Waals surface area (Å²) in [4.78, 5) is 12.0. The molecule has 0 saturated carbocycles. The summed E-state index contributed by atoms with van der Waals surface area (Å²) in [5, 5.41) is 11.6. The molecular formula is C16H16N2O2. The summed E-state index contributed by atoms with van der Waals surface area (Å²) in [5.74, 6) is 0.797. The number of nitrogens with zero attached hydrogens (tertiary/aromatic N) is 1. The summed E-state index contributed by atoms with van der Waals surface area (Å²) in [5.41, 5.74) is 1.11. The summed E-state index contributed by atoms with van der Waals surface area (Å²) in [6.45, 7) is 1.96. The molecule has 1 aromatic heterocycles. The fraction of sp³-hybridized carbons (Fsp3) is 0.250. The maximum Gasteiger partial charge on any atom is 0.251 e. The molecule has 0 radical (unpaired) electrons. The van der Waals surface area contributed by atoms with E-state index in [1.807, 2.05) is 25.1 Å². The van der Waals surface area contributed by atoms with Gasteiger partial charge in [-0.1, -0.05) is 0 Å². The van der Waals surface area contributed by atoms with Gasteiger partial charge in [-0.3, -0.25) is 4.79 Å². The first-order valence-corrected chi connectivity index (χ1v) is 6.52. The van der Waals surface area contributed by atoms with E-state index in [9.17, 15) is 4.79 Å². The van der Waals surface area contributed by atoms with E-state index >= 15 is 0 Å². The fourth-order valence-corrected chi connectivity index (χ4v) is 1.89. The second-order valence-electron chi connectivity index (χ2n) is 4.68. The maximum absolute atomic E-state index is 12.0. The first-order chi connectivity index (χ1) is 9.69. The van der Waals surface area contributed by atoms with Crippen LogP contribution in [0.3, 0.4) is 0 Å². The molecule has 0 fully saturated rings. The number of benzene rings is 1. The number of nitrogens with one attached hydrogen (secondary N) is 1. The van der Waals surface area contributed by atoms with E-state index in [0.717, 1.165) is 18.6 Å². The largest absolute Gasteiger partial charge is 0.469 e. The third-order valence-electron chi connectivity index (χ3n) is 3.06. The van der Waals surface area contributed by atoms with Gasteiger partial charge in [0.15, 0.2) is 0 Å². The molecule has 1 heterocycles. The Morgan fingerprint density at radius 1 is 1.35 bits per heavy atom. The highest BCUT2D eigenvalue weighted by atomic mass is 16.3. The number of carbonyl (C=O) groups is 1. The summed E-state index contributed by atoms with van der Waals surface area (Å²) in [7, 11) is 0. The Morgan fingerprint density at radius 2 is 2.10 bits per heavy atom. The van der Waals surface area contributed by atoms with Gasteiger partial charge < -0.3 is 9.73 Å². The van der Waals surface area contributed by atoms with Crippen molar-refractivity contribution in [2.45, 2.75) is 25.8 Å². The molecule has 0 aliphatic carbocycles. The number of hydrogen-bond donors (Lipinski definition) is 1. The Morgan fingerprint density at radius 3 is 2.70 bits per heavy atom. The van der Waals surface area contributed by atoms with Crippen molar-refractivity contribution in [1.82, 2.24) is 5.32 Å². The molecule has 0 bridgehead atoms. The molecule has 0 unspecified atom stereocenters. The van der Waals surface area contributed by atoms with Gasteiger partial charge in [-0.05, 0) is 49.7 Å². The van der Waals surface area contributed by atoms with Crippen molar-refractivity contribution in [2.75, 3.05) is 0 Å². The van der Waals surface area contributed by atoms with Crippen molar-refractivity contribution in [2.24, 2.45) is 0 Å². The zero-order valence-electron chi connectivity index (χ0n) is 11.3. The van der Waals surface area contributed by atoms with E-state index < -0.39 is 0 Å². The van der Waals surface area contributed by atoms with Crippen LogP contribution in [0.15, 0.2) is 47.1 Å². The Kier molecular flexibility index (Phi) is 4.56. The molecule has 4 heteroatoms. The monoisotopic (exact) mass is 268 g/mol. The lowest BCUT2D eigenvalue weighted by Crippen LogP contribution is -2.32. The molecule has 1 atom stereocenters. The smallest absolute Gasteiger partial charge is 0.251 e. The zero-order valence-corrected chi connectivity index (χ0v) is 11.3. The summed E-state index contributed by atoms with van der Waals surface area (Å²) in [6.07, 6.45) is 3.26. The highest BCUT2D eigenvalue weighted by molar-refractivity contribution is 5.94. The first kappa shape index (κ1) is 13.9. The molecule has 0 saturated heterocycles. The zero-order chi connectivity index (χ0) is 14.4. The van der Waals surface area contributed by atoms with Crippen molar-refractivity contribution < 1.29 is 9.21 Å². The van der Waals surface area contributed by atoms with Crippen molar-refractivity contribution in [3.05, 3.63) is 59.5 Å². The van der Waals surface area contributed by atoms with Crippen molar-refractivity contribution in [3.63, 3.8) is 0 Å². The van der Waals surface area contributed by atoms with E-state index in [1.54, 1.807) is 30.5 Å². The topological polar surface area (TPSA) is 66.0 Å². The Bertz CT molecular complexity index is 594. The van der Waals surface area contributed by atoms with Crippen LogP contribution in [0.4, 0.5) is 0 Å². The standard InChI is InChI=1S/C16H16N2O2/c1-12(4-9-15-3-2-10-20-15)18-16(19)14-7-5-13(11-17)6-8-14/h2-3,5-8,10,12H,4,9H2,1H3,(H,18,19)/t12-/m1/s1. The Labute approximate surface area is 118 Å². The lowest BCUT2D eigenvalue weighted by Gasteiger charge is -2.13. The van der Waals surface area contributed by atoms with Crippen LogP contribution < -0.4 is 5.32 Å². The Balaban J connectivity index is 1.85. The van der Waals surface area contributed by atoms with Crippen LogP contribution in [0.25, 0.3) is 0 Å². The highest BCUT2D eigenvalue weighted by Crippen LogP contribution is 2.07. The van der Waals surface area contributed by atoms with Gasteiger partial charge >= 0.3 is 0 Å². The molecule has 0 aliphatic heterocycles. The number of amides is 1. The van der Waals surface area contributed by atoms with Crippen LogP contribution in [-0.4, -0.2) is 11.9 Å². The van der Waals surface area contributed by atoms with Crippen LogP contribution in [0.2, 0.25) is 0 Å². The molecule has 102 valence electrons. The fourth-order valence-electron chi connectivity index (χ4n) is 1.89. The van der Waals surface area contributed by atoms with Crippen molar-refractivity contribution in [3.8, 4) is 6.07 Å². The molecule has 1 amide bonds. The number of furan rings is 1. The molecule has 4 nitrogen and oxygen atoms in total. The van der Waals surface area contributed by atoms with E-state index in [-0.39, 0.29) is 11.9 Å². The average molecular weight is 268 g/mol. The predicted molar refractivity (Wildman–Crippen MR) is 75.1 cm³/mol.